The van der Waals surface area contributed by atoms with Crippen molar-refractivity contribution in [1.82, 2.24) is 9.97 Å². The number of aromatic hydroxyl groups is 2. The standard InChI is InChI=1S/C32H24N6O8S2/c1-17-13-19(7-9-23(17)35-37-25-15-27(47(41,42)43)21-5-3-11-33-29(21)31(25)39)20-8-10-24(18(2)14-20)36-38-26-16-28(48(44,45)46)22-6-4-12-34-30(22)32(26)40/h3-16,39-40H,1-2H3,(H,41,42,43)(H,44,45,46). The van der Waals surface area contributed by atoms with Crippen LogP contribution in [-0.2, 0) is 20.2 Å². The molecule has 0 bridgehead atoms. The molecule has 4 N–H and O–H groups in total. The van der Waals surface area contributed by atoms with Gasteiger partial charge in [0.1, 0.15) is 32.2 Å². The summed E-state index contributed by atoms with van der Waals surface area (Å²) in [6.07, 6.45) is 2.73. The molecule has 0 aliphatic heterocycles. The zero-order valence-corrected chi connectivity index (χ0v) is 26.6. The van der Waals surface area contributed by atoms with Crippen molar-refractivity contribution in [3.05, 3.63) is 96.3 Å². The molecule has 0 saturated heterocycles. The summed E-state index contributed by atoms with van der Waals surface area (Å²) in [5, 5.41) is 37.9. The number of fused-ring (bicyclic) bond motifs is 2. The number of pyridine rings is 2. The van der Waals surface area contributed by atoms with Crippen LogP contribution in [0.2, 0.25) is 0 Å². The molecule has 2 aromatic heterocycles. The minimum atomic E-state index is -4.65. The van der Waals surface area contributed by atoms with Crippen molar-refractivity contribution in [2.75, 3.05) is 0 Å². The van der Waals surface area contributed by atoms with Gasteiger partial charge in [0, 0.05) is 23.2 Å². The monoisotopic (exact) mass is 684 g/mol. The number of phenols is 2. The lowest BCUT2D eigenvalue weighted by Gasteiger charge is -2.09. The van der Waals surface area contributed by atoms with Crippen LogP contribution in [0.3, 0.4) is 0 Å². The van der Waals surface area contributed by atoms with Gasteiger partial charge in [0.15, 0.2) is 11.5 Å². The van der Waals surface area contributed by atoms with Gasteiger partial charge < -0.3 is 10.2 Å². The first-order chi connectivity index (χ1) is 22.7. The second-order valence-corrected chi connectivity index (χ2v) is 13.4. The van der Waals surface area contributed by atoms with Gasteiger partial charge in [-0.25, -0.2) is 0 Å². The molecule has 0 fully saturated rings. The number of benzene rings is 4. The first-order valence-electron chi connectivity index (χ1n) is 13.9. The summed E-state index contributed by atoms with van der Waals surface area (Å²) in [4.78, 5) is 7.11. The Balaban J connectivity index is 1.28. The van der Waals surface area contributed by atoms with E-state index >= 15 is 0 Å². The maximum atomic E-state index is 12.0. The average Bonchev–Trinajstić information content (AvgIpc) is 3.04. The molecular weight excluding hydrogens is 661 g/mol. The van der Waals surface area contributed by atoms with Crippen LogP contribution in [0.25, 0.3) is 32.9 Å². The highest BCUT2D eigenvalue weighted by Crippen LogP contribution is 2.41. The lowest BCUT2D eigenvalue weighted by atomic mass is 10.0. The van der Waals surface area contributed by atoms with Gasteiger partial charge in [-0.1, -0.05) is 12.1 Å². The molecule has 48 heavy (non-hydrogen) atoms. The van der Waals surface area contributed by atoms with Crippen molar-refractivity contribution in [3.63, 3.8) is 0 Å². The Labute approximate surface area is 273 Å². The van der Waals surface area contributed by atoms with Gasteiger partial charge in [0.2, 0.25) is 0 Å². The minimum Gasteiger partial charge on any atom is -0.504 e. The maximum Gasteiger partial charge on any atom is 0.295 e. The van der Waals surface area contributed by atoms with Gasteiger partial charge in [-0.3, -0.25) is 19.1 Å². The number of phenolic OH excluding ortho intramolecular Hbond substituents is 2. The predicted octanol–water partition coefficient (Wildman–Crippen LogP) is 7.80. The van der Waals surface area contributed by atoms with Crippen molar-refractivity contribution < 1.29 is 36.2 Å². The van der Waals surface area contributed by atoms with Crippen molar-refractivity contribution in [3.8, 4) is 22.6 Å². The van der Waals surface area contributed by atoms with Gasteiger partial charge in [-0.15, -0.1) is 10.2 Å². The van der Waals surface area contributed by atoms with Crippen LogP contribution in [0.4, 0.5) is 22.7 Å². The van der Waals surface area contributed by atoms with E-state index in [9.17, 15) is 36.2 Å². The third-order valence-corrected chi connectivity index (χ3v) is 9.22. The topological polar surface area (TPSA) is 224 Å². The van der Waals surface area contributed by atoms with E-state index in [1.165, 1.54) is 36.7 Å². The van der Waals surface area contributed by atoms with Crippen LogP contribution in [0.5, 0.6) is 11.5 Å². The molecule has 14 nitrogen and oxygen atoms in total. The highest BCUT2D eigenvalue weighted by atomic mass is 32.2. The lowest BCUT2D eigenvalue weighted by Crippen LogP contribution is -1.99. The van der Waals surface area contributed by atoms with Crippen LogP contribution >= 0.6 is 0 Å². The summed E-state index contributed by atoms with van der Waals surface area (Å²) in [5.74, 6) is -0.787. The van der Waals surface area contributed by atoms with Gasteiger partial charge in [-0.05, 0) is 96.8 Å². The number of aryl methyl sites for hydroxylation is 2. The number of azo groups is 2. The third kappa shape index (κ3) is 6.19. The zero-order valence-electron chi connectivity index (χ0n) is 25.0. The van der Waals surface area contributed by atoms with E-state index in [4.69, 9.17) is 0 Å². The molecule has 6 aromatic rings. The minimum absolute atomic E-state index is 0.0372. The van der Waals surface area contributed by atoms with Crippen molar-refractivity contribution in [2.24, 2.45) is 20.5 Å². The number of aromatic nitrogens is 2. The SMILES string of the molecule is Cc1cc(-c2ccc(N=Nc3cc(S(=O)(=O)O)c4cccnc4c3O)c(C)c2)ccc1N=Nc1cc(S(=O)(=O)O)c2cccnc2c1O. The van der Waals surface area contributed by atoms with E-state index < -0.39 is 41.5 Å². The Morgan fingerprint density at radius 1 is 0.542 bits per heavy atom. The second-order valence-electron chi connectivity index (χ2n) is 10.6. The molecule has 6 rings (SSSR count). The molecule has 16 heteroatoms. The highest BCUT2D eigenvalue weighted by Gasteiger charge is 2.21. The third-order valence-electron chi connectivity index (χ3n) is 7.43. The molecule has 0 spiro atoms. The average molecular weight is 685 g/mol. The van der Waals surface area contributed by atoms with Crippen LogP contribution in [0.1, 0.15) is 11.1 Å². The van der Waals surface area contributed by atoms with Crippen LogP contribution in [0, 0.1) is 13.8 Å². The summed E-state index contributed by atoms with van der Waals surface area (Å²) >= 11 is 0. The molecule has 0 aliphatic carbocycles. The Kier molecular flexibility index (Phi) is 8.18. The van der Waals surface area contributed by atoms with Crippen molar-refractivity contribution in [2.45, 2.75) is 23.6 Å². The number of rotatable bonds is 7. The van der Waals surface area contributed by atoms with E-state index in [0.717, 1.165) is 23.3 Å². The summed E-state index contributed by atoms with van der Waals surface area (Å²) in [5.41, 5.74) is 3.43. The highest BCUT2D eigenvalue weighted by molar-refractivity contribution is 7.86. The Bertz CT molecular complexity index is 2390. The van der Waals surface area contributed by atoms with Crippen molar-refractivity contribution in [1.29, 1.82) is 0 Å². The molecule has 0 aliphatic rings. The number of nitrogens with zero attached hydrogens (tertiary/aromatic N) is 6. The predicted molar refractivity (Wildman–Crippen MR) is 176 cm³/mol. The maximum absolute atomic E-state index is 12.0. The Hall–Kier alpha value is -5.68. The molecule has 0 atom stereocenters. The fraction of sp³-hybridized carbons (Fsp3) is 0.0625. The Morgan fingerprint density at radius 3 is 1.27 bits per heavy atom. The quantitative estimate of drug-likeness (QED) is 0.0942. The summed E-state index contributed by atoms with van der Waals surface area (Å²) in [6, 6.07) is 18.5. The summed E-state index contributed by atoms with van der Waals surface area (Å²) in [7, 11) is -9.30. The molecule has 0 saturated carbocycles. The first kappa shape index (κ1) is 32.3. The molecule has 242 valence electrons. The number of hydrogen-bond acceptors (Lipinski definition) is 12. The molecular formula is C32H24N6O8S2. The molecule has 0 radical (unpaired) electrons. The molecule has 2 heterocycles. The fourth-order valence-corrected chi connectivity index (χ4v) is 6.46. The molecule has 0 unspecified atom stereocenters. The van der Waals surface area contributed by atoms with E-state index in [0.29, 0.717) is 22.5 Å². The number of hydrogen-bond donors (Lipinski definition) is 4. The van der Waals surface area contributed by atoms with Gasteiger partial charge >= 0.3 is 0 Å². The normalized spacial score (nSPS) is 12.5. The zero-order chi connectivity index (χ0) is 34.4. The van der Waals surface area contributed by atoms with Crippen molar-refractivity contribution >= 4 is 64.8 Å². The van der Waals surface area contributed by atoms with E-state index in [2.05, 4.69) is 30.4 Å². The second kappa shape index (κ2) is 12.2. The van der Waals surface area contributed by atoms with Crippen LogP contribution in [0.15, 0.2) is 115 Å². The van der Waals surface area contributed by atoms with E-state index in [-0.39, 0.29) is 33.2 Å². The smallest absolute Gasteiger partial charge is 0.295 e. The van der Waals surface area contributed by atoms with Crippen LogP contribution < -0.4 is 0 Å². The molecule has 0 amide bonds. The largest absolute Gasteiger partial charge is 0.504 e. The Morgan fingerprint density at radius 2 is 0.917 bits per heavy atom. The van der Waals surface area contributed by atoms with Gasteiger partial charge in [0.25, 0.3) is 20.2 Å². The van der Waals surface area contributed by atoms with Gasteiger partial charge in [-0.2, -0.15) is 27.1 Å². The molecule has 4 aromatic carbocycles. The fourth-order valence-electron chi connectivity index (χ4n) is 5.06. The van der Waals surface area contributed by atoms with Gasteiger partial charge in [0.05, 0.1) is 11.4 Å². The summed E-state index contributed by atoms with van der Waals surface area (Å²) in [6.45, 7) is 3.59. The summed E-state index contributed by atoms with van der Waals surface area (Å²) < 4.78 is 67.3. The van der Waals surface area contributed by atoms with E-state index in [1.807, 2.05) is 12.1 Å². The van der Waals surface area contributed by atoms with Crippen LogP contribution in [-0.4, -0.2) is 46.1 Å². The first-order valence-corrected chi connectivity index (χ1v) is 16.8. The lowest BCUT2D eigenvalue weighted by molar-refractivity contribution is 0.476. The van der Waals surface area contributed by atoms with E-state index in [1.54, 1.807) is 38.1 Å².